The molecule has 0 aromatic carbocycles. The molecule has 0 radical (unpaired) electrons. The summed E-state index contributed by atoms with van der Waals surface area (Å²) in [6.07, 6.45) is 2.99. The molecule has 0 atom stereocenters. The van der Waals surface area contributed by atoms with Crippen LogP contribution in [-0.2, 0) is 19.1 Å². The first-order valence-corrected chi connectivity index (χ1v) is 8.12. The number of hydrogen-bond donors (Lipinski definition) is 4. The molecule has 2 fully saturated rings. The summed E-state index contributed by atoms with van der Waals surface area (Å²) in [4.78, 5) is 32.4. The molecule has 0 aromatic heterocycles. The van der Waals surface area contributed by atoms with Gasteiger partial charge in [0.2, 0.25) is 5.91 Å². The molecule has 1 amide bonds. The van der Waals surface area contributed by atoms with Crippen molar-refractivity contribution in [3.63, 3.8) is 0 Å². The Morgan fingerprint density at radius 1 is 1.00 bits per heavy atom. The fraction of sp³-hybridized carbons (Fsp3) is 0.800. The van der Waals surface area contributed by atoms with Crippen LogP contribution in [0, 0.1) is 5.92 Å². The van der Waals surface area contributed by atoms with E-state index in [0.29, 0.717) is 0 Å². The lowest BCUT2D eigenvalue weighted by Crippen LogP contribution is -2.42. The third-order valence-electron chi connectivity index (χ3n) is 4.08. The minimum Gasteiger partial charge on any atom is -0.473 e. The summed E-state index contributed by atoms with van der Waals surface area (Å²) in [5, 5.41) is 27.2. The number of ether oxygens (including phenoxy) is 1. The van der Waals surface area contributed by atoms with Crippen LogP contribution in [0.2, 0.25) is 0 Å². The molecular weight excluding hydrogens is 320 g/mol. The maximum atomic E-state index is 11.9. The molecule has 1 saturated carbocycles. The van der Waals surface area contributed by atoms with Gasteiger partial charge in [-0.15, -0.1) is 0 Å². The summed E-state index contributed by atoms with van der Waals surface area (Å²) in [6.45, 7) is 5.15. The summed E-state index contributed by atoms with van der Waals surface area (Å²) in [5.41, 5.74) is 0. The zero-order chi connectivity index (χ0) is 17.9. The summed E-state index contributed by atoms with van der Waals surface area (Å²) in [6, 6.07) is 0. The standard InChI is InChI=1S/C13H24N2O3.C2H2O4/c16-12-3-1-11(2-4-12)13(17)14-5-6-15-7-9-18-10-8-15;3-1(4)2(5)6/h11-12,16H,1-10H2,(H,14,17);(H,3,4)(H,5,6). The van der Waals surface area contributed by atoms with Crippen molar-refractivity contribution in [1.82, 2.24) is 10.2 Å². The summed E-state index contributed by atoms with van der Waals surface area (Å²) in [7, 11) is 0. The number of carbonyl (C=O) groups is 3. The Balaban J connectivity index is 0.000000413. The molecule has 2 aliphatic rings. The minimum absolute atomic E-state index is 0.109. The first kappa shape index (κ1) is 20.3. The molecule has 0 spiro atoms. The Kier molecular flexibility index (Phi) is 9.28. The number of hydrogen-bond acceptors (Lipinski definition) is 6. The number of amides is 1. The van der Waals surface area contributed by atoms with Gasteiger partial charge in [-0.1, -0.05) is 0 Å². The predicted molar refractivity (Wildman–Crippen MR) is 83.5 cm³/mol. The Morgan fingerprint density at radius 3 is 2.04 bits per heavy atom. The summed E-state index contributed by atoms with van der Waals surface area (Å²) in [5.74, 6) is -3.38. The lowest BCUT2D eigenvalue weighted by atomic mass is 9.87. The topological polar surface area (TPSA) is 136 Å². The zero-order valence-electron chi connectivity index (χ0n) is 13.6. The fourth-order valence-electron chi connectivity index (χ4n) is 2.64. The van der Waals surface area contributed by atoms with E-state index in [1.54, 1.807) is 0 Å². The van der Waals surface area contributed by atoms with E-state index in [-0.39, 0.29) is 17.9 Å². The van der Waals surface area contributed by atoms with Gasteiger partial charge in [0.05, 0.1) is 19.3 Å². The summed E-state index contributed by atoms with van der Waals surface area (Å²) < 4.78 is 5.28. The van der Waals surface area contributed by atoms with Crippen molar-refractivity contribution >= 4 is 17.8 Å². The largest absolute Gasteiger partial charge is 0.473 e. The highest BCUT2D eigenvalue weighted by Gasteiger charge is 2.24. The molecule has 24 heavy (non-hydrogen) atoms. The van der Waals surface area contributed by atoms with Gasteiger partial charge in [0.15, 0.2) is 0 Å². The van der Waals surface area contributed by atoms with Crippen molar-refractivity contribution in [3.05, 3.63) is 0 Å². The molecule has 2 rings (SSSR count). The quantitative estimate of drug-likeness (QED) is 0.483. The van der Waals surface area contributed by atoms with Crippen LogP contribution in [0.25, 0.3) is 0 Å². The van der Waals surface area contributed by atoms with Gasteiger partial charge in [-0.2, -0.15) is 0 Å². The first-order chi connectivity index (χ1) is 11.4. The lowest BCUT2D eigenvalue weighted by Gasteiger charge is -2.27. The second-order valence-corrected chi connectivity index (χ2v) is 5.86. The predicted octanol–water partition coefficient (Wildman–Crippen LogP) is -0.858. The fourth-order valence-corrected chi connectivity index (χ4v) is 2.64. The molecule has 0 bridgehead atoms. The van der Waals surface area contributed by atoms with Crippen molar-refractivity contribution < 1.29 is 34.4 Å². The van der Waals surface area contributed by atoms with Crippen molar-refractivity contribution in [3.8, 4) is 0 Å². The van der Waals surface area contributed by atoms with E-state index < -0.39 is 11.9 Å². The minimum atomic E-state index is -1.82. The zero-order valence-corrected chi connectivity index (χ0v) is 13.6. The molecule has 0 aromatic rings. The molecule has 4 N–H and O–H groups in total. The summed E-state index contributed by atoms with van der Waals surface area (Å²) >= 11 is 0. The smallest absolute Gasteiger partial charge is 0.414 e. The maximum Gasteiger partial charge on any atom is 0.414 e. The Morgan fingerprint density at radius 2 is 1.54 bits per heavy atom. The molecule has 138 valence electrons. The average Bonchev–Trinajstić information content (AvgIpc) is 2.57. The number of rotatable bonds is 4. The molecule has 9 nitrogen and oxygen atoms in total. The van der Waals surface area contributed by atoms with Crippen molar-refractivity contribution in [2.45, 2.75) is 31.8 Å². The van der Waals surface area contributed by atoms with E-state index in [1.807, 2.05) is 0 Å². The van der Waals surface area contributed by atoms with Gasteiger partial charge in [0.1, 0.15) is 0 Å². The number of morpholine rings is 1. The van der Waals surface area contributed by atoms with Crippen molar-refractivity contribution in [2.24, 2.45) is 5.92 Å². The van der Waals surface area contributed by atoms with Crippen LogP contribution in [0.4, 0.5) is 0 Å². The van der Waals surface area contributed by atoms with Gasteiger partial charge in [-0.25, -0.2) is 9.59 Å². The van der Waals surface area contributed by atoms with E-state index in [9.17, 15) is 9.90 Å². The number of carboxylic acids is 2. The third kappa shape index (κ3) is 8.23. The normalized spacial score (nSPS) is 24.4. The maximum absolute atomic E-state index is 11.9. The number of carbonyl (C=O) groups excluding carboxylic acids is 1. The number of nitrogens with one attached hydrogen (secondary N) is 1. The van der Waals surface area contributed by atoms with Crippen molar-refractivity contribution in [1.29, 1.82) is 0 Å². The van der Waals surface area contributed by atoms with Crippen LogP contribution in [0.15, 0.2) is 0 Å². The second kappa shape index (κ2) is 11.0. The number of aliphatic hydroxyl groups is 1. The van der Waals surface area contributed by atoms with Gasteiger partial charge in [-0.05, 0) is 25.7 Å². The number of aliphatic hydroxyl groups excluding tert-OH is 1. The molecule has 0 unspecified atom stereocenters. The van der Waals surface area contributed by atoms with Crippen molar-refractivity contribution in [2.75, 3.05) is 39.4 Å². The average molecular weight is 346 g/mol. The molecule has 9 heteroatoms. The van der Waals surface area contributed by atoms with Gasteiger partial charge >= 0.3 is 11.9 Å². The van der Waals surface area contributed by atoms with Crippen LogP contribution in [0.5, 0.6) is 0 Å². The Bertz CT molecular complexity index is 404. The number of aliphatic carboxylic acids is 2. The number of carboxylic acid groups (broad SMARTS) is 2. The van der Waals surface area contributed by atoms with Gasteiger partial charge in [0.25, 0.3) is 0 Å². The molecule has 1 heterocycles. The number of nitrogens with zero attached hydrogens (tertiary/aromatic N) is 1. The van der Waals surface area contributed by atoms with Crippen LogP contribution >= 0.6 is 0 Å². The monoisotopic (exact) mass is 346 g/mol. The third-order valence-corrected chi connectivity index (χ3v) is 4.08. The van der Waals surface area contributed by atoms with Crippen LogP contribution in [0.1, 0.15) is 25.7 Å². The van der Waals surface area contributed by atoms with Crippen LogP contribution in [0.3, 0.4) is 0 Å². The van der Waals surface area contributed by atoms with E-state index >= 15 is 0 Å². The molecule has 1 saturated heterocycles. The molecule has 1 aliphatic heterocycles. The van der Waals surface area contributed by atoms with Gasteiger partial charge in [0, 0.05) is 32.1 Å². The molecular formula is C15H26N2O7. The second-order valence-electron chi connectivity index (χ2n) is 5.86. The highest BCUT2D eigenvalue weighted by Crippen LogP contribution is 2.24. The Labute approximate surface area is 140 Å². The highest BCUT2D eigenvalue weighted by atomic mass is 16.5. The van der Waals surface area contributed by atoms with E-state index in [4.69, 9.17) is 24.5 Å². The Hall–Kier alpha value is -1.71. The molecule has 1 aliphatic carbocycles. The first-order valence-electron chi connectivity index (χ1n) is 8.12. The van der Waals surface area contributed by atoms with E-state index in [2.05, 4.69) is 10.2 Å². The van der Waals surface area contributed by atoms with Gasteiger partial charge in [-0.3, -0.25) is 9.69 Å². The van der Waals surface area contributed by atoms with Crippen LogP contribution in [-0.4, -0.2) is 83.6 Å². The van der Waals surface area contributed by atoms with Gasteiger partial charge < -0.3 is 25.4 Å². The van der Waals surface area contributed by atoms with E-state index in [0.717, 1.165) is 65.1 Å². The SMILES string of the molecule is O=C(NCCN1CCOCC1)C1CCC(O)CC1.O=C(O)C(=O)O. The van der Waals surface area contributed by atoms with E-state index in [1.165, 1.54) is 0 Å². The van der Waals surface area contributed by atoms with Crippen LogP contribution < -0.4 is 5.32 Å². The highest BCUT2D eigenvalue weighted by molar-refractivity contribution is 6.27. The lowest BCUT2D eigenvalue weighted by molar-refractivity contribution is -0.159.